The molecule has 0 aliphatic heterocycles. The summed E-state index contributed by atoms with van der Waals surface area (Å²) < 4.78 is 31.6. The maximum atomic E-state index is 13.2. The summed E-state index contributed by atoms with van der Waals surface area (Å²) in [5, 5.41) is 18.0. The minimum atomic E-state index is -3.79. The van der Waals surface area contributed by atoms with Gasteiger partial charge in [-0.15, -0.1) is 0 Å². The number of aliphatic hydroxyl groups is 2. The summed E-state index contributed by atoms with van der Waals surface area (Å²) in [6.45, 7) is 0. The third kappa shape index (κ3) is 2.35. The number of allylic oxidation sites excluding steroid dienone is 1. The summed E-state index contributed by atoms with van der Waals surface area (Å²) in [6.07, 6.45) is 2.05. The Hall–Kier alpha value is -1.72. The first kappa shape index (κ1) is 11.8. The number of rotatable bonds is 2. The van der Waals surface area contributed by atoms with Crippen LogP contribution in [0.15, 0.2) is 54.3 Å². The Bertz CT molecular complexity index is 464. The van der Waals surface area contributed by atoms with Crippen LogP contribution in [0.25, 0.3) is 0 Å². The highest BCUT2D eigenvalue weighted by Gasteiger charge is 2.50. The fourth-order valence-electron chi connectivity index (χ4n) is 1.33. The zero-order valence-electron chi connectivity index (χ0n) is 8.68. The molecule has 1 aliphatic rings. The van der Waals surface area contributed by atoms with Gasteiger partial charge in [-0.25, -0.2) is 0 Å². The fraction of sp³-hybridized carbons (Fsp3) is 0.167. The molecule has 0 bridgehead atoms. The van der Waals surface area contributed by atoms with Crippen LogP contribution in [-0.4, -0.2) is 21.9 Å². The zero-order valence-corrected chi connectivity index (χ0v) is 8.68. The van der Waals surface area contributed by atoms with Crippen LogP contribution in [0.1, 0.15) is 0 Å². The third-order valence-corrected chi connectivity index (χ3v) is 2.27. The topological polar surface area (TPSA) is 49.7 Å². The maximum absolute atomic E-state index is 13.2. The van der Waals surface area contributed by atoms with E-state index < -0.39 is 11.7 Å². The van der Waals surface area contributed by atoms with Crippen LogP contribution in [0.3, 0.4) is 0 Å². The van der Waals surface area contributed by atoms with Gasteiger partial charge in [-0.05, 0) is 24.3 Å². The van der Waals surface area contributed by atoms with Crippen molar-refractivity contribution in [3.8, 4) is 5.75 Å². The van der Waals surface area contributed by atoms with Crippen LogP contribution < -0.4 is 4.74 Å². The van der Waals surface area contributed by atoms with Gasteiger partial charge in [0.15, 0.2) is 0 Å². The Labute approximate surface area is 96.3 Å². The van der Waals surface area contributed by atoms with Gasteiger partial charge in [0, 0.05) is 6.08 Å². The first-order valence-electron chi connectivity index (χ1n) is 4.88. The molecule has 1 aromatic rings. The lowest BCUT2D eigenvalue weighted by atomic mass is 10.0. The molecule has 1 aliphatic carbocycles. The highest BCUT2D eigenvalue weighted by Crippen LogP contribution is 2.34. The van der Waals surface area contributed by atoms with E-state index in [0.717, 1.165) is 6.08 Å². The first-order valence-corrected chi connectivity index (χ1v) is 4.88. The molecule has 0 heterocycles. The maximum Gasteiger partial charge on any atom is 0.326 e. The minimum Gasteiger partial charge on any atom is -0.457 e. The van der Waals surface area contributed by atoms with Crippen LogP contribution in [0.2, 0.25) is 0 Å². The van der Waals surface area contributed by atoms with Gasteiger partial charge in [0.25, 0.3) is 5.79 Å². The van der Waals surface area contributed by atoms with Crippen molar-refractivity contribution in [2.75, 3.05) is 0 Å². The number of alkyl halides is 2. The normalized spacial score (nSPS) is 20.8. The Balaban J connectivity index is 2.20. The minimum absolute atomic E-state index is 0.139. The zero-order chi connectivity index (χ0) is 12.5. The predicted octanol–water partition coefficient (Wildman–Crippen LogP) is 1.84. The molecule has 2 N–H and O–H groups in total. The lowest BCUT2D eigenvalue weighted by molar-refractivity contribution is -0.244. The second-order valence-electron chi connectivity index (χ2n) is 3.64. The fourth-order valence-corrected chi connectivity index (χ4v) is 1.33. The SMILES string of the molecule is OC1(O)C=CC(Oc2ccccc2)=CC1(F)F. The van der Waals surface area contributed by atoms with E-state index in [0.29, 0.717) is 17.9 Å². The summed E-state index contributed by atoms with van der Waals surface area (Å²) in [7, 11) is 0. The van der Waals surface area contributed by atoms with Crippen molar-refractivity contribution in [2.45, 2.75) is 11.7 Å². The molecule has 0 amide bonds. The molecule has 17 heavy (non-hydrogen) atoms. The lowest BCUT2D eigenvalue weighted by Crippen LogP contribution is -2.46. The monoisotopic (exact) mass is 240 g/mol. The Kier molecular flexibility index (Phi) is 2.73. The summed E-state index contributed by atoms with van der Waals surface area (Å²) in [5.74, 6) is -6.70. The number of benzene rings is 1. The lowest BCUT2D eigenvalue weighted by Gasteiger charge is -2.28. The molecule has 0 spiro atoms. The van der Waals surface area contributed by atoms with E-state index in [2.05, 4.69) is 0 Å². The largest absolute Gasteiger partial charge is 0.457 e. The van der Waals surface area contributed by atoms with Gasteiger partial charge in [-0.1, -0.05) is 18.2 Å². The first-order chi connectivity index (χ1) is 7.91. The molecule has 0 fully saturated rings. The average Bonchev–Trinajstić information content (AvgIpc) is 2.25. The highest BCUT2D eigenvalue weighted by atomic mass is 19.3. The number of hydrogen-bond acceptors (Lipinski definition) is 3. The second kappa shape index (κ2) is 3.94. The van der Waals surface area contributed by atoms with Crippen molar-refractivity contribution >= 4 is 0 Å². The van der Waals surface area contributed by atoms with E-state index >= 15 is 0 Å². The van der Waals surface area contributed by atoms with Crippen molar-refractivity contribution in [1.29, 1.82) is 0 Å². The summed E-state index contributed by atoms with van der Waals surface area (Å²) >= 11 is 0. The summed E-state index contributed by atoms with van der Waals surface area (Å²) in [6, 6.07) is 8.37. The van der Waals surface area contributed by atoms with E-state index in [1.165, 1.54) is 0 Å². The van der Waals surface area contributed by atoms with Gasteiger partial charge < -0.3 is 14.9 Å². The van der Waals surface area contributed by atoms with Gasteiger partial charge in [0.05, 0.1) is 0 Å². The van der Waals surface area contributed by atoms with E-state index in [4.69, 9.17) is 14.9 Å². The van der Waals surface area contributed by atoms with E-state index in [1.807, 2.05) is 0 Å². The van der Waals surface area contributed by atoms with Crippen LogP contribution in [0.4, 0.5) is 8.78 Å². The van der Waals surface area contributed by atoms with E-state index in [1.54, 1.807) is 30.3 Å². The molecule has 0 saturated carbocycles. The second-order valence-corrected chi connectivity index (χ2v) is 3.64. The number of hydrogen-bond donors (Lipinski definition) is 2. The van der Waals surface area contributed by atoms with Crippen LogP contribution in [-0.2, 0) is 0 Å². The molecular weight excluding hydrogens is 230 g/mol. The molecule has 0 unspecified atom stereocenters. The van der Waals surface area contributed by atoms with Gasteiger partial charge in [0.2, 0.25) is 0 Å². The molecular formula is C12H10F2O3. The number of ether oxygens (including phenoxy) is 1. The van der Waals surface area contributed by atoms with Gasteiger partial charge >= 0.3 is 5.92 Å². The predicted molar refractivity (Wildman–Crippen MR) is 56.4 cm³/mol. The van der Waals surface area contributed by atoms with Gasteiger partial charge in [-0.2, -0.15) is 8.78 Å². The van der Waals surface area contributed by atoms with Gasteiger partial charge in [0.1, 0.15) is 11.5 Å². The number of para-hydroxylation sites is 1. The van der Waals surface area contributed by atoms with Crippen molar-refractivity contribution in [3.63, 3.8) is 0 Å². The number of halogens is 2. The Morgan fingerprint density at radius 2 is 1.71 bits per heavy atom. The van der Waals surface area contributed by atoms with E-state index in [9.17, 15) is 8.78 Å². The molecule has 3 nitrogen and oxygen atoms in total. The van der Waals surface area contributed by atoms with Crippen molar-refractivity contribution in [1.82, 2.24) is 0 Å². The molecule has 90 valence electrons. The van der Waals surface area contributed by atoms with Crippen LogP contribution >= 0.6 is 0 Å². The standard InChI is InChI=1S/C12H10F2O3/c13-11(14)8-10(6-7-12(11,15)16)17-9-4-2-1-3-5-9/h1-8,15-16H. The smallest absolute Gasteiger partial charge is 0.326 e. The van der Waals surface area contributed by atoms with E-state index in [-0.39, 0.29) is 5.76 Å². The van der Waals surface area contributed by atoms with Gasteiger partial charge in [-0.3, -0.25) is 0 Å². The Morgan fingerprint density at radius 1 is 1.06 bits per heavy atom. The van der Waals surface area contributed by atoms with Crippen molar-refractivity contribution in [3.05, 3.63) is 54.3 Å². The quantitative estimate of drug-likeness (QED) is 0.775. The Morgan fingerprint density at radius 3 is 2.29 bits per heavy atom. The van der Waals surface area contributed by atoms with Crippen LogP contribution in [0.5, 0.6) is 5.75 Å². The van der Waals surface area contributed by atoms with Crippen molar-refractivity contribution in [2.24, 2.45) is 0 Å². The molecule has 0 aromatic heterocycles. The third-order valence-electron chi connectivity index (χ3n) is 2.27. The molecule has 0 atom stereocenters. The average molecular weight is 240 g/mol. The molecule has 1 aromatic carbocycles. The summed E-state index contributed by atoms with van der Waals surface area (Å²) in [5.41, 5.74) is 0. The molecule has 0 saturated heterocycles. The highest BCUT2D eigenvalue weighted by molar-refractivity contribution is 5.32. The molecule has 0 radical (unpaired) electrons. The summed E-state index contributed by atoms with van der Waals surface area (Å²) in [4.78, 5) is 0. The van der Waals surface area contributed by atoms with Crippen LogP contribution in [0, 0.1) is 0 Å². The molecule has 2 rings (SSSR count). The molecule has 5 heteroatoms. The van der Waals surface area contributed by atoms with Crippen molar-refractivity contribution < 1.29 is 23.7 Å².